The molecule has 1 N–H and O–H groups in total. The molecule has 0 unspecified atom stereocenters. The van der Waals surface area contributed by atoms with E-state index in [0.29, 0.717) is 0 Å². The van der Waals surface area contributed by atoms with E-state index in [1.54, 1.807) is 12.1 Å². The molecule has 0 aliphatic heterocycles. The number of nitrogens with one attached hydrogen (secondary N) is 1. The van der Waals surface area contributed by atoms with Gasteiger partial charge in [0, 0.05) is 12.4 Å². The number of rotatable bonds is 3. The molecule has 0 aromatic carbocycles. The fourth-order valence-electron chi connectivity index (χ4n) is 0.856. The summed E-state index contributed by atoms with van der Waals surface area (Å²) in [5.41, 5.74) is -0.486. The summed E-state index contributed by atoms with van der Waals surface area (Å²) in [6.45, 7) is -0.178. The maximum Gasteiger partial charge on any atom is 0.347 e. The van der Waals surface area contributed by atoms with Crippen molar-refractivity contribution in [3.05, 3.63) is 28.9 Å². The van der Waals surface area contributed by atoms with Crippen LogP contribution in [0.4, 0.5) is 0 Å². The van der Waals surface area contributed by atoms with Crippen LogP contribution in [0, 0.1) is 11.3 Å². The molecule has 0 aliphatic carbocycles. The lowest BCUT2D eigenvalue weighted by molar-refractivity contribution is -0.121. The highest BCUT2D eigenvalue weighted by Crippen LogP contribution is 1.79. The van der Waals surface area contributed by atoms with Crippen molar-refractivity contribution in [2.75, 3.05) is 6.54 Å². The minimum Gasteiger partial charge on any atom is -0.341 e. The summed E-state index contributed by atoms with van der Waals surface area (Å²) in [5, 5.41) is 10.5. The molecular formula is C8H8N4O2. The zero-order valence-electron chi connectivity index (χ0n) is 7.30. The van der Waals surface area contributed by atoms with Crippen LogP contribution in [0.25, 0.3) is 0 Å². The Kier molecular flexibility index (Phi) is 3.38. The molecule has 1 aromatic heterocycles. The lowest BCUT2D eigenvalue weighted by atomic mass is 10.5. The van der Waals surface area contributed by atoms with E-state index in [-0.39, 0.29) is 19.0 Å². The first-order valence-electron chi connectivity index (χ1n) is 3.89. The predicted octanol–water partition coefficient (Wildman–Crippen LogP) is -1.12. The maximum absolute atomic E-state index is 11.1. The third-order valence-electron chi connectivity index (χ3n) is 1.46. The van der Waals surface area contributed by atoms with Crippen LogP contribution in [0.2, 0.25) is 0 Å². The van der Waals surface area contributed by atoms with Crippen molar-refractivity contribution in [3.8, 4) is 6.07 Å². The van der Waals surface area contributed by atoms with Gasteiger partial charge in [-0.3, -0.25) is 9.36 Å². The highest BCUT2D eigenvalue weighted by molar-refractivity contribution is 5.75. The number of hydrogen-bond donors (Lipinski definition) is 1. The van der Waals surface area contributed by atoms with E-state index in [4.69, 9.17) is 5.26 Å². The molecule has 14 heavy (non-hydrogen) atoms. The molecule has 72 valence electrons. The highest BCUT2D eigenvalue weighted by atomic mass is 16.2. The van der Waals surface area contributed by atoms with Gasteiger partial charge in [-0.15, -0.1) is 0 Å². The molecule has 0 fully saturated rings. The minimum absolute atomic E-state index is 0.0617. The van der Waals surface area contributed by atoms with E-state index in [2.05, 4.69) is 10.3 Å². The van der Waals surface area contributed by atoms with Gasteiger partial charge in [-0.2, -0.15) is 5.26 Å². The van der Waals surface area contributed by atoms with Gasteiger partial charge in [0.1, 0.15) is 13.1 Å². The molecule has 6 nitrogen and oxygen atoms in total. The number of nitrogens with zero attached hydrogens (tertiary/aromatic N) is 3. The third-order valence-corrected chi connectivity index (χ3v) is 1.46. The van der Waals surface area contributed by atoms with Crippen LogP contribution in [0.15, 0.2) is 23.3 Å². The SMILES string of the molecule is N#CCNC(=O)Cn1cccnc1=O. The van der Waals surface area contributed by atoms with Crippen molar-refractivity contribution in [2.45, 2.75) is 6.54 Å². The van der Waals surface area contributed by atoms with Crippen molar-refractivity contribution in [2.24, 2.45) is 0 Å². The largest absolute Gasteiger partial charge is 0.347 e. The van der Waals surface area contributed by atoms with Gasteiger partial charge in [-0.1, -0.05) is 0 Å². The van der Waals surface area contributed by atoms with E-state index in [0.717, 1.165) is 4.57 Å². The molecule has 0 spiro atoms. The average molecular weight is 192 g/mol. The molecule has 0 aliphatic rings. The Labute approximate surface area is 79.8 Å². The molecule has 0 saturated carbocycles. The number of carbonyl (C=O) groups is 1. The van der Waals surface area contributed by atoms with Crippen molar-refractivity contribution < 1.29 is 4.79 Å². The van der Waals surface area contributed by atoms with Gasteiger partial charge in [0.25, 0.3) is 0 Å². The minimum atomic E-state index is -0.486. The monoisotopic (exact) mass is 192 g/mol. The fraction of sp³-hybridized carbons (Fsp3) is 0.250. The first-order valence-corrected chi connectivity index (χ1v) is 3.89. The standard InChI is InChI=1S/C8H8N4O2/c9-2-4-10-7(13)6-12-5-1-3-11-8(12)14/h1,3,5H,4,6H2,(H,10,13). The van der Waals surface area contributed by atoms with Crippen LogP contribution in [-0.4, -0.2) is 22.0 Å². The van der Waals surface area contributed by atoms with Gasteiger partial charge in [-0.25, -0.2) is 9.78 Å². The Morgan fingerprint density at radius 1 is 1.71 bits per heavy atom. The first-order chi connectivity index (χ1) is 6.74. The molecule has 0 saturated heterocycles. The van der Waals surface area contributed by atoms with Crippen LogP contribution in [-0.2, 0) is 11.3 Å². The summed E-state index contributed by atoms with van der Waals surface area (Å²) in [6.07, 6.45) is 2.81. The Hall–Kier alpha value is -2.16. The number of nitriles is 1. The smallest absolute Gasteiger partial charge is 0.341 e. The summed E-state index contributed by atoms with van der Waals surface area (Å²) in [5.74, 6) is -0.387. The number of carbonyl (C=O) groups excluding carboxylic acids is 1. The van der Waals surface area contributed by atoms with Crippen LogP contribution in [0.3, 0.4) is 0 Å². The van der Waals surface area contributed by atoms with Gasteiger partial charge in [0.05, 0.1) is 6.07 Å². The zero-order chi connectivity index (χ0) is 10.4. The second kappa shape index (κ2) is 4.77. The third kappa shape index (κ3) is 2.71. The average Bonchev–Trinajstić information content (AvgIpc) is 2.18. The molecule has 6 heteroatoms. The summed E-state index contributed by atoms with van der Waals surface area (Å²) in [7, 11) is 0. The van der Waals surface area contributed by atoms with Gasteiger partial charge in [-0.05, 0) is 6.07 Å². The van der Waals surface area contributed by atoms with E-state index in [1.807, 2.05) is 0 Å². The zero-order valence-corrected chi connectivity index (χ0v) is 7.30. The number of hydrogen-bond acceptors (Lipinski definition) is 4. The van der Waals surface area contributed by atoms with Crippen LogP contribution in [0.5, 0.6) is 0 Å². The summed E-state index contributed by atoms with van der Waals surface area (Å²) < 4.78 is 1.16. The summed E-state index contributed by atoms with van der Waals surface area (Å²) in [4.78, 5) is 25.6. The van der Waals surface area contributed by atoms with Crippen molar-refractivity contribution in [1.29, 1.82) is 5.26 Å². The topological polar surface area (TPSA) is 87.8 Å². The van der Waals surface area contributed by atoms with E-state index < -0.39 is 5.69 Å². The number of amides is 1. The maximum atomic E-state index is 11.1. The van der Waals surface area contributed by atoms with Gasteiger partial charge in [0.15, 0.2) is 0 Å². The predicted molar refractivity (Wildman–Crippen MR) is 47.1 cm³/mol. The fourth-order valence-corrected chi connectivity index (χ4v) is 0.856. The van der Waals surface area contributed by atoms with Gasteiger partial charge in [0.2, 0.25) is 5.91 Å². The van der Waals surface area contributed by atoms with Crippen LogP contribution < -0.4 is 11.0 Å². The van der Waals surface area contributed by atoms with E-state index in [1.165, 1.54) is 12.4 Å². The molecule has 1 aromatic rings. The molecule has 0 radical (unpaired) electrons. The lowest BCUT2D eigenvalue weighted by Gasteiger charge is -2.02. The lowest BCUT2D eigenvalue weighted by Crippen LogP contribution is -2.32. The number of aromatic nitrogens is 2. The van der Waals surface area contributed by atoms with E-state index >= 15 is 0 Å². The molecule has 1 rings (SSSR count). The van der Waals surface area contributed by atoms with Gasteiger partial charge >= 0.3 is 5.69 Å². The second-order valence-corrected chi connectivity index (χ2v) is 2.47. The Bertz CT molecular complexity index is 418. The molecule has 0 bridgehead atoms. The Morgan fingerprint density at radius 2 is 2.50 bits per heavy atom. The van der Waals surface area contributed by atoms with Crippen LogP contribution in [0.1, 0.15) is 0 Å². The molecule has 0 atom stereocenters. The van der Waals surface area contributed by atoms with Crippen molar-refractivity contribution >= 4 is 5.91 Å². The molecule has 1 amide bonds. The van der Waals surface area contributed by atoms with Crippen molar-refractivity contribution in [1.82, 2.24) is 14.9 Å². The highest BCUT2D eigenvalue weighted by Gasteiger charge is 2.02. The Morgan fingerprint density at radius 3 is 3.14 bits per heavy atom. The van der Waals surface area contributed by atoms with E-state index in [9.17, 15) is 9.59 Å². The molecular weight excluding hydrogens is 184 g/mol. The normalized spacial score (nSPS) is 9.07. The summed E-state index contributed by atoms with van der Waals surface area (Å²) in [6, 6.07) is 3.32. The van der Waals surface area contributed by atoms with Crippen LogP contribution >= 0.6 is 0 Å². The second-order valence-electron chi connectivity index (χ2n) is 2.47. The quantitative estimate of drug-likeness (QED) is 0.614. The van der Waals surface area contributed by atoms with Crippen molar-refractivity contribution in [3.63, 3.8) is 0 Å². The van der Waals surface area contributed by atoms with Gasteiger partial charge < -0.3 is 5.32 Å². The Balaban J connectivity index is 2.62. The first kappa shape index (κ1) is 9.92. The summed E-state index contributed by atoms with van der Waals surface area (Å²) >= 11 is 0. The molecule has 1 heterocycles.